The molecule has 0 atom stereocenters. The molecule has 1 aromatic carbocycles. The topological polar surface area (TPSA) is 101 Å². The summed E-state index contributed by atoms with van der Waals surface area (Å²) in [6.45, 7) is 3.57. The fourth-order valence-corrected chi connectivity index (χ4v) is 1.23. The van der Waals surface area contributed by atoms with Crippen molar-refractivity contribution in [2.24, 2.45) is 0 Å². The molecule has 16 heavy (non-hydrogen) atoms. The van der Waals surface area contributed by atoms with Crippen LogP contribution >= 0.6 is 0 Å². The van der Waals surface area contributed by atoms with Crippen LogP contribution in [0.3, 0.4) is 0 Å². The molecule has 0 heterocycles. The second kappa shape index (κ2) is 4.36. The van der Waals surface area contributed by atoms with Crippen LogP contribution in [0.25, 0.3) is 0 Å². The van der Waals surface area contributed by atoms with Gasteiger partial charge in [0, 0.05) is 11.8 Å². The van der Waals surface area contributed by atoms with Crippen LogP contribution < -0.4 is 11.1 Å². The molecule has 0 amide bonds. The van der Waals surface area contributed by atoms with Gasteiger partial charge in [-0.3, -0.25) is 10.1 Å². The zero-order valence-corrected chi connectivity index (χ0v) is 9.23. The Bertz CT molecular complexity index is 404. The van der Waals surface area contributed by atoms with Gasteiger partial charge in [-0.2, -0.15) is 0 Å². The lowest BCUT2D eigenvalue weighted by molar-refractivity contribution is -0.383. The summed E-state index contributed by atoms with van der Waals surface area (Å²) in [5.41, 5.74) is 5.66. The van der Waals surface area contributed by atoms with Gasteiger partial charge in [0.1, 0.15) is 5.69 Å². The van der Waals surface area contributed by atoms with Crippen molar-refractivity contribution in [3.63, 3.8) is 0 Å². The molecular formula is C10H15N3O3. The van der Waals surface area contributed by atoms with Crippen LogP contribution in [0.5, 0.6) is 0 Å². The van der Waals surface area contributed by atoms with Gasteiger partial charge < -0.3 is 16.2 Å². The van der Waals surface area contributed by atoms with Gasteiger partial charge in [0.05, 0.1) is 17.1 Å². The van der Waals surface area contributed by atoms with Crippen LogP contribution in [-0.2, 0) is 0 Å². The lowest BCUT2D eigenvalue weighted by Crippen LogP contribution is -2.34. The summed E-state index contributed by atoms with van der Waals surface area (Å²) in [6.07, 6.45) is 0. The number of aliphatic hydroxyl groups excluding tert-OH is 1. The summed E-state index contributed by atoms with van der Waals surface area (Å²) in [5, 5.41) is 22.6. The number of hydrogen-bond donors (Lipinski definition) is 3. The van der Waals surface area contributed by atoms with E-state index in [1.54, 1.807) is 6.07 Å². The minimum absolute atomic E-state index is 0.0517. The molecule has 0 radical (unpaired) electrons. The molecule has 1 rings (SSSR count). The van der Waals surface area contributed by atoms with Crippen molar-refractivity contribution in [2.45, 2.75) is 19.4 Å². The molecule has 0 unspecified atom stereocenters. The number of nitrogens with zero attached hydrogens (tertiary/aromatic N) is 1. The number of benzene rings is 1. The molecule has 0 bridgehead atoms. The van der Waals surface area contributed by atoms with Crippen LogP contribution in [-0.4, -0.2) is 22.2 Å². The minimum Gasteiger partial charge on any atom is -0.394 e. The van der Waals surface area contributed by atoms with Gasteiger partial charge in [-0.25, -0.2) is 0 Å². The van der Waals surface area contributed by atoms with Crippen molar-refractivity contribution >= 4 is 17.1 Å². The highest BCUT2D eigenvalue weighted by atomic mass is 16.6. The zero-order chi connectivity index (χ0) is 12.3. The first-order valence-electron chi connectivity index (χ1n) is 4.79. The van der Waals surface area contributed by atoms with E-state index in [-0.39, 0.29) is 18.0 Å². The largest absolute Gasteiger partial charge is 0.394 e. The van der Waals surface area contributed by atoms with Crippen molar-refractivity contribution in [1.29, 1.82) is 0 Å². The van der Waals surface area contributed by atoms with Gasteiger partial charge in [-0.15, -0.1) is 0 Å². The highest BCUT2D eigenvalue weighted by molar-refractivity contribution is 5.66. The van der Waals surface area contributed by atoms with E-state index in [1.165, 1.54) is 12.1 Å². The summed E-state index contributed by atoms with van der Waals surface area (Å²) in [5.74, 6) is 0. The van der Waals surface area contributed by atoms with Crippen LogP contribution in [0.1, 0.15) is 13.8 Å². The molecule has 0 aromatic heterocycles. The smallest absolute Gasteiger partial charge is 0.292 e. The Kier molecular flexibility index (Phi) is 3.34. The number of nitro benzene ring substituents is 1. The van der Waals surface area contributed by atoms with Gasteiger partial charge in [-0.05, 0) is 26.0 Å². The van der Waals surface area contributed by atoms with Crippen LogP contribution in [0.2, 0.25) is 0 Å². The standard InChI is InChI=1S/C10H15N3O3/c1-10(2,6-14)12-7-3-4-9(13(15)16)8(11)5-7/h3-5,12,14H,6,11H2,1-2H3. The molecule has 88 valence electrons. The average molecular weight is 225 g/mol. The lowest BCUT2D eigenvalue weighted by atomic mass is 10.1. The lowest BCUT2D eigenvalue weighted by Gasteiger charge is -2.24. The number of aliphatic hydroxyl groups is 1. The Balaban J connectivity index is 2.94. The van der Waals surface area contributed by atoms with E-state index in [4.69, 9.17) is 10.8 Å². The summed E-state index contributed by atoms with van der Waals surface area (Å²) in [7, 11) is 0. The Morgan fingerprint density at radius 2 is 2.19 bits per heavy atom. The molecule has 1 aromatic rings. The Labute approximate surface area is 93.2 Å². The quantitative estimate of drug-likeness (QED) is 0.408. The second-order valence-electron chi connectivity index (χ2n) is 4.20. The maximum absolute atomic E-state index is 10.5. The molecule has 0 fully saturated rings. The number of nitrogens with one attached hydrogen (secondary N) is 1. The summed E-state index contributed by atoms with van der Waals surface area (Å²) in [4.78, 5) is 10.0. The van der Waals surface area contributed by atoms with E-state index in [1.807, 2.05) is 13.8 Å². The van der Waals surface area contributed by atoms with Crippen molar-refractivity contribution in [3.05, 3.63) is 28.3 Å². The van der Waals surface area contributed by atoms with Crippen molar-refractivity contribution in [2.75, 3.05) is 17.7 Å². The first-order valence-corrected chi connectivity index (χ1v) is 4.79. The second-order valence-corrected chi connectivity index (χ2v) is 4.20. The molecular weight excluding hydrogens is 210 g/mol. The highest BCUT2D eigenvalue weighted by Crippen LogP contribution is 2.26. The zero-order valence-electron chi connectivity index (χ0n) is 9.23. The van der Waals surface area contributed by atoms with Crippen molar-refractivity contribution < 1.29 is 10.0 Å². The average Bonchev–Trinajstić information content (AvgIpc) is 2.16. The van der Waals surface area contributed by atoms with Gasteiger partial charge in [0.25, 0.3) is 5.69 Å². The van der Waals surface area contributed by atoms with Crippen LogP contribution in [0.4, 0.5) is 17.1 Å². The molecule has 0 spiro atoms. The third-order valence-corrected chi connectivity index (χ3v) is 2.10. The maximum atomic E-state index is 10.5. The summed E-state index contributed by atoms with van der Waals surface area (Å²) >= 11 is 0. The Morgan fingerprint density at radius 3 is 2.62 bits per heavy atom. The number of nitrogen functional groups attached to an aromatic ring is 1. The molecule has 0 saturated heterocycles. The van der Waals surface area contributed by atoms with E-state index in [0.717, 1.165) is 0 Å². The first-order chi connectivity index (χ1) is 7.35. The van der Waals surface area contributed by atoms with E-state index in [2.05, 4.69) is 5.32 Å². The molecule has 0 saturated carbocycles. The normalized spacial score (nSPS) is 11.2. The van der Waals surface area contributed by atoms with Gasteiger partial charge in [0.2, 0.25) is 0 Å². The monoisotopic (exact) mass is 225 g/mol. The van der Waals surface area contributed by atoms with E-state index in [9.17, 15) is 10.1 Å². The number of nitro groups is 1. The van der Waals surface area contributed by atoms with Crippen LogP contribution in [0.15, 0.2) is 18.2 Å². The fourth-order valence-electron chi connectivity index (χ4n) is 1.23. The Morgan fingerprint density at radius 1 is 1.56 bits per heavy atom. The number of anilines is 2. The molecule has 0 aliphatic heterocycles. The van der Waals surface area contributed by atoms with Gasteiger partial charge >= 0.3 is 0 Å². The third-order valence-electron chi connectivity index (χ3n) is 2.10. The molecule has 6 heteroatoms. The minimum atomic E-state index is -0.531. The number of nitrogens with two attached hydrogens (primary N) is 1. The molecule has 4 N–H and O–H groups in total. The molecule has 0 aliphatic carbocycles. The fraction of sp³-hybridized carbons (Fsp3) is 0.400. The maximum Gasteiger partial charge on any atom is 0.292 e. The van der Waals surface area contributed by atoms with Gasteiger partial charge in [-0.1, -0.05) is 0 Å². The molecule has 0 aliphatic rings. The van der Waals surface area contributed by atoms with E-state index in [0.29, 0.717) is 5.69 Å². The highest BCUT2D eigenvalue weighted by Gasteiger charge is 2.17. The number of rotatable bonds is 4. The number of hydrogen-bond acceptors (Lipinski definition) is 5. The molecule has 6 nitrogen and oxygen atoms in total. The summed E-state index contributed by atoms with van der Waals surface area (Å²) < 4.78 is 0. The predicted molar refractivity (Wildman–Crippen MR) is 62.3 cm³/mol. The van der Waals surface area contributed by atoms with Crippen molar-refractivity contribution in [3.8, 4) is 0 Å². The van der Waals surface area contributed by atoms with Gasteiger partial charge in [0.15, 0.2) is 0 Å². The predicted octanol–water partition coefficient (Wildman–Crippen LogP) is 1.36. The third kappa shape index (κ3) is 2.83. The Hall–Kier alpha value is -1.82. The first kappa shape index (κ1) is 12.3. The van der Waals surface area contributed by atoms with E-state index < -0.39 is 10.5 Å². The van der Waals surface area contributed by atoms with E-state index >= 15 is 0 Å². The van der Waals surface area contributed by atoms with Crippen molar-refractivity contribution in [1.82, 2.24) is 0 Å². The van der Waals surface area contributed by atoms with Crippen LogP contribution in [0, 0.1) is 10.1 Å². The summed E-state index contributed by atoms with van der Waals surface area (Å²) in [6, 6.07) is 4.38. The SMILES string of the molecule is CC(C)(CO)Nc1ccc([N+](=O)[O-])c(N)c1.